The summed E-state index contributed by atoms with van der Waals surface area (Å²) in [6.45, 7) is 3.21. The first-order valence-corrected chi connectivity index (χ1v) is 9.17. The fourth-order valence-corrected chi connectivity index (χ4v) is 3.49. The van der Waals surface area contributed by atoms with Gasteiger partial charge in [-0.1, -0.05) is 13.8 Å². The molecule has 0 aromatic carbocycles. The number of carbonyl (C=O) groups excluding carboxylic acids is 2. The summed E-state index contributed by atoms with van der Waals surface area (Å²) in [7, 11) is 0. The van der Waals surface area contributed by atoms with Crippen molar-refractivity contribution in [3.8, 4) is 6.07 Å². The van der Waals surface area contributed by atoms with E-state index in [-0.39, 0.29) is 35.6 Å². The maximum atomic E-state index is 12.1. The third-order valence-electron chi connectivity index (χ3n) is 5.18. The molecule has 2 aliphatic heterocycles. The number of nitriles is 1. The molecule has 0 radical (unpaired) electrons. The van der Waals surface area contributed by atoms with Gasteiger partial charge in [0.2, 0.25) is 5.60 Å². The lowest BCUT2D eigenvalue weighted by atomic mass is 9.92. The van der Waals surface area contributed by atoms with Crippen LogP contribution in [0.1, 0.15) is 20.9 Å². The van der Waals surface area contributed by atoms with Crippen LogP contribution in [0, 0.1) is 17.2 Å². The van der Waals surface area contributed by atoms with E-state index in [4.69, 9.17) is 31.8 Å². The Morgan fingerprint density at radius 2 is 2.30 bits per heavy atom. The molecule has 2 saturated heterocycles. The summed E-state index contributed by atoms with van der Waals surface area (Å²) >= 11 is 0. The van der Waals surface area contributed by atoms with Crippen molar-refractivity contribution in [3.63, 3.8) is 0 Å². The van der Waals surface area contributed by atoms with Gasteiger partial charge in [-0.3, -0.25) is 4.79 Å². The van der Waals surface area contributed by atoms with Gasteiger partial charge in [0.15, 0.2) is 18.0 Å². The molecule has 12 nitrogen and oxygen atoms in total. The van der Waals surface area contributed by atoms with Crippen LogP contribution in [0.2, 0.25) is 0 Å². The SMILES string of the molecule is [2H]c1cc([C@]2(C#N)O[C@H](COC(=O)C(N)C(C)C)[C@H]3OC(=O)O[C@H]32)n2ncnc(N)c12. The van der Waals surface area contributed by atoms with Crippen LogP contribution in [-0.2, 0) is 29.3 Å². The molecule has 2 aromatic heterocycles. The van der Waals surface area contributed by atoms with Crippen LogP contribution in [0.3, 0.4) is 0 Å². The summed E-state index contributed by atoms with van der Waals surface area (Å²) in [5.41, 5.74) is 10.0. The van der Waals surface area contributed by atoms with Crippen molar-refractivity contribution in [1.82, 2.24) is 14.6 Å². The molecule has 0 bridgehead atoms. The lowest BCUT2D eigenvalue weighted by molar-refractivity contribution is -0.154. The molecule has 2 aliphatic rings. The van der Waals surface area contributed by atoms with Crippen LogP contribution in [0.4, 0.5) is 10.6 Å². The molecule has 0 saturated carbocycles. The first-order valence-electron chi connectivity index (χ1n) is 9.67. The second kappa shape index (κ2) is 7.12. The van der Waals surface area contributed by atoms with E-state index in [0.717, 1.165) is 6.33 Å². The number of hydrogen-bond donors (Lipinski definition) is 2. The molecular weight excluding hydrogens is 396 g/mol. The molecule has 5 atom stereocenters. The van der Waals surface area contributed by atoms with Gasteiger partial charge in [0, 0.05) is 0 Å². The Bertz CT molecular complexity index is 1100. The van der Waals surface area contributed by atoms with Crippen LogP contribution >= 0.6 is 0 Å². The van der Waals surface area contributed by atoms with Gasteiger partial charge in [0.05, 0.1) is 7.06 Å². The molecule has 1 unspecified atom stereocenters. The molecule has 2 aromatic rings. The summed E-state index contributed by atoms with van der Waals surface area (Å²) in [5, 5.41) is 14.2. The van der Waals surface area contributed by atoms with E-state index in [0.29, 0.717) is 0 Å². The third-order valence-corrected chi connectivity index (χ3v) is 5.18. The number of rotatable bonds is 5. The molecule has 0 spiro atoms. The van der Waals surface area contributed by atoms with E-state index >= 15 is 0 Å². The minimum absolute atomic E-state index is 0.0294. The zero-order chi connectivity index (χ0) is 22.5. The van der Waals surface area contributed by atoms with E-state index in [1.807, 2.05) is 6.07 Å². The van der Waals surface area contributed by atoms with Gasteiger partial charge in [0.1, 0.15) is 36.7 Å². The van der Waals surface area contributed by atoms with Gasteiger partial charge in [-0.2, -0.15) is 10.4 Å². The van der Waals surface area contributed by atoms with Crippen LogP contribution in [0.25, 0.3) is 5.52 Å². The number of anilines is 1. The molecule has 30 heavy (non-hydrogen) atoms. The number of fused-ring (bicyclic) bond motifs is 2. The monoisotopic (exact) mass is 417 g/mol. The zero-order valence-electron chi connectivity index (χ0n) is 17.1. The van der Waals surface area contributed by atoms with E-state index in [1.165, 1.54) is 10.6 Å². The average molecular weight is 417 g/mol. The quantitative estimate of drug-likeness (QED) is 0.619. The second-order valence-corrected chi connectivity index (χ2v) is 7.35. The van der Waals surface area contributed by atoms with Crippen molar-refractivity contribution >= 4 is 23.5 Å². The second-order valence-electron chi connectivity index (χ2n) is 7.35. The molecule has 0 amide bonds. The fraction of sp³-hybridized carbons (Fsp3) is 0.500. The van der Waals surface area contributed by atoms with Crippen LogP contribution in [0.15, 0.2) is 18.4 Å². The number of ether oxygens (including phenoxy) is 4. The van der Waals surface area contributed by atoms with Crippen molar-refractivity contribution < 1.29 is 29.9 Å². The van der Waals surface area contributed by atoms with Gasteiger partial charge in [-0.05, 0) is 18.0 Å². The number of nitrogen functional groups attached to an aromatic ring is 1. The number of carbonyl (C=O) groups is 2. The lowest BCUT2D eigenvalue weighted by Crippen LogP contribution is -2.40. The molecule has 4 rings (SSSR count). The van der Waals surface area contributed by atoms with Gasteiger partial charge in [-0.25, -0.2) is 14.3 Å². The molecule has 0 aliphatic carbocycles. The maximum absolute atomic E-state index is 12.1. The molecular formula is C18H20N6O6. The maximum Gasteiger partial charge on any atom is 0.509 e. The number of aromatic nitrogens is 3. The Balaban J connectivity index is 1.71. The Labute approximate surface area is 172 Å². The predicted molar refractivity (Wildman–Crippen MR) is 98.5 cm³/mol. The van der Waals surface area contributed by atoms with Crippen molar-refractivity contribution in [1.29, 1.82) is 5.26 Å². The summed E-state index contributed by atoms with van der Waals surface area (Å²) in [6, 6.07) is 2.45. The standard InChI is InChI=1S/C18H20N6O6/c1-8(2)12(20)16(25)27-5-10-13-14(29-17(26)28-13)18(6-19,30-10)11-4-3-9-15(21)22-7-23-24(9)11/h3-4,7-8,10,12-14H,5,20H2,1-2H3,(H2,21,22,23)/t10-,12?,13-,14-,18+/m1/s1/i3D. The molecule has 2 fully saturated rings. The Morgan fingerprint density at radius 3 is 3.00 bits per heavy atom. The smallest absolute Gasteiger partial charge is 0.462 e. The summed E-state index contributed by atoms with van der Waals surface area (Å²) in [6.07, 6.45) is -3.07. The van der Waals surface area contributed by atoms with Gasteiger partial charge < -0.3 is 30.4 Å². The van der Waals surface area contributed by atoms with Crippen molar-refractivity contribution in [2.45, 2.75) is 43.8 Å². The van der Waals surface area contributed by atoms with E-state index in [2.05, 4.69) is 10.1 Å². The average Bonchev–Trinajstić information content (AvgIpc) is 3.37. The summed E-state index contributed by atoms with van der Waals surface area (Å²) in [5.74, 6) is -0.776. The third kappa shape index (κ3) is 2.90. The topological polar surface area (TPSA) is 177 Å². The Hall–Kier alpha value is -3.43. The number of hydrogen-bond acceptors (Lipinski definition) is 11. The van der Waals surface area contributed by atoms with Crippen molar-refractivity contribution in [3.05, 3.63) is 24.1 Å². The van der Waals surface area contributed by atoms with E-state index in [1.54, 1.807) is 13.8 Å². The zero-order valence-corrected chi connectivity index (χ0v) is 16.1. The Morgan fingerprint density at radius 1 is 1.53 bits per heavy atom. The van der Waals surface area contributed by atoms with Gasteiger partial charge in [0.25, 0.3) is 0 Å². The predicted octanol–water partition coefficient (Wildman–Crippen LogP) is -0.140. The molecule has 4 N–H and O–H groups in total. The molecule has 4 heterocycles. The van der Waals surface area contributed by atoms with Crippen molar-refractivity contribution in [2.24, 2.45) is 11.7 Å². The highest BCUT2D eigenvalue weighted by atomic mass is 16.8. The van der Waals surface area contributed by atoms with E-state index in [9.17, 15) is 14.9 Å². The van der Waals surface area contributed by atoms with Crippen LogP contribution < -0.4 is 11.5 Å². The first kappa shape index (κ1) is 18.6. The largest absolute Gasteiger partial charge is 0.509 e. The first-order chi connectivity index (χ1) is 14.7. The number of nitrogens with zero attached hydrogens (tertiary/aromatic N) is 4. The van der Waals surface area contributed by atoms with Crippen molar-refractivity contribution in [2.75, 3.05) is 12.3 Å². The summed E-state index contributed by atoms with van der Waals surface area (Å²) in [4.78, 5) is 27.9. The normalized spacial score (nSPS) is 29.1. The molecule has 158 valence electrons. The van der Waals surface area contributed by atoms with Crippen LogP contribution in [0.5, 0.6) is 0 Å². The highest BCUT2D eigenvalue weighted by molar-refractivity contribution is 5.75. The number of esters is 1. The highest BCUT2D eigenvalue weighted by Crippen LogP contribution is 2.46. The van der Waals surface area contributed by atoms with Gasteiger partial charge in [-0.15, -0.1) is 0 Å². The van der Waals surface area contributed by atoms with E-state index < -0.39 is 42.1 Å². The van der Waals surface area contributed by atoms with Gasteiger partial charge >= 0.3 is 12.1 Å². The lowest BCUT2D eigenvalue weighted by Gasteiger charge is -2.24. The Kier molecular flexibility index (Phi) is 4.41. The fourth-order valence-electron chi connectivity index (χ4n) is 3.49. The minimum Gasteiger partial charge on any atom is -0.462 e. The highest BCUT2D eigenvalue weighted by Gasteiger charge is 2.65. The molecule has 12 heteroatoms. The van der Waals surface area contributed by atoms with Crippen LogP contribution in [-0.4, -0.2) is 57.7 Å². The summed E-state index contributed by atoms with van der Waals surface area (Å²) < 4.78 is 31.1. The minimum atomic E-state index is -1.89. The number of nitrogens with two attached hydrogens (primary N) is 2.